The van der Waals surface area contributed by atoms with Gasteiger partial charge in [0, 0.05) is 42.6 Å². The fourth-order valence-electron chi connectivity index (χ4n) is 4.89. The summed E-state index contributed by atoms with van der Waals surface area (Å²) in [5, 5.41) is 4.13. The molecule has 3 aromatic heterocycles. The Morgan fingerprint density at radius 3 is 2.81 bits per heavy atom. The number of nitrogens with zero attached hydrogens (tertiary/aromatic N) is 6. The predicted molar refractivity (Wildman–Crippen MR) is 144 cm³/mol. The number of anilines is 2. The summed E-state index contributed by atoms with van der Waals surface area (Å²) in [6, 6.07) is 10.1. The number of hydrogen-bond acceptors (Lipinski definition) is 7. The zero-order valence-electron chi connectivity index (χ0n) is 21.4. The molecule has 4 aromatic rings. The SMILES string of the molecule is Cc1nc(Nc2ncc(C)s2)cc(C2CCCN(C(=O)Cn3c(CC(C)C)nc4ccccc43)C2)n1. The van der Waals surface area contributed by atoms with Gasteiger partial charge in [-0.3, -0.25) is 4.79 Å². The Morgan fingerprint density at radius 1 is 1.19 bits per heavy atom. The molecule has 0 aliphatic carbocycles. The second-order valence-corrected chi connectivity index (χ2v) is 11.2. The molecular weight excluding hydrogens is 470 g/mol. The van der Waals surface area contributed by atoms with Crippen LogP contribution in [0.4, 0.5) is 10.9 Å². The third-order valence-electron chi connectivity index (χ3n) is 6.52. The van der Waals surface area contributed by atoms with Crippen LogP contribution in [-0.2, 0) is 17.8 Å². The normalized spacial score (nSPS) is 16.1. The van der Waals surface area contributed by atoms with Crippen molar-refractivity contribution in [2.24, 2.45) is 5.92 Å². The zero-order chi connectivity index (χ0) is 25.2. The molecule has 36 heavy (non-hydrogen) atoms. The number of carbonyl (C=O) groups excluding carboxylic acids is 1. The number of thiazole rings is 1. The molecule has 1 fully saturated rings. The maximum absolute atomic E-state index is 13.5. The second kappa shape index (κ2) is 10.3. The molecular formula is C27H33N7OS. The number of piperidine rings is 1. The zero-order valence-corrected chi connectivity index (χ0v) is 22.2. The molecule has 1 unspecified atom stereocenters. The number of aromatic nitrogens is 5. The molecule has 1 aliphatic rings. The minimum atomic E-state index is 0.134. The topological polar surface area (TPSA) is 88.8 Å². The maximum Gasteiger partial charge on any atom is 0.242 e. The number of carbonyl (C=O) groups is 1. The lowest BCUT2D eigenvalue weighted by atomic mass is 9.94. The van der Waals surface area contributed by atoms with E-state index in [9.17, 15) is 4.79 Å². The summed E-state index contributed by atoms with van der Waals surface area (Å²) in [6.45, 7) is 10.1. The number of nitrogens with one attached hydrogen (secondary N) is 1. The van der Waals surface area contributed by atoms with Crippen LogP contribution in [0.25, 0.3) is 11.0 Å². The van der Waals surface area contributed by atoms with Crippen molar-refractivity contribution < 1.29 is 4.79 Å². The van der Waals surface area contributed by atoms with Gasteiger partial charge in [-0.1, -0.05) is 26.0 Å². The number of fused-ring (bicyclic) bond motifs is 1. The number of amides is 1. The largest absolute Gasteiger partial charge is 0.340 e. The number of imidazole rings is 1. The highest BCUT2D eigenvalue weighted by Gasteiger charge is 2.27. The van der Waals surface area contributed by atoms with Gasteiger partial charge in [0.1, 0.15) is 24.0 Å². The molecule has 188 valence electrons. The number of hydrogen-bond donors (Lipinski definition) is 1. The maximum atomic E-state index is 13.5. The number of para-hydroxylation sites is 2. The van der Waals surface area contributed by atoms with E-state index in [0.717, 1.165) is 70.0 Å². The van der Waals surface area contributed by atoms with Crippen LogP contribution in [0.1, 0.15) is 54.8 Å². The van der Waals surface area contributed by atoms with Gasteiger partial charge < -0.3 is 14.8 Å². The molecule has 1 aliphatic heterocycles. The summed E-state index contributed by atoms with van der Waals surface area (Å²) in [7, 11) is 0. The highest BCUT2D eigenvalue weighted by Crippen LogP contribution is 2.29. The van der Waals surface area contributed by atoms with Crippen molar-refractivity contribution in [1.29, 1.82) is 0 Å². The summed E-state index contributed by atoms with van der Waals surface area (Å²) in [5.74, 6) is 3.22. The van der Waals surface area contributed by atoms with Gasteiger partial charge in [0.15, 0.2) is 5.13 Å². The van der Waals surface area contributed by atoms with Crippen molar-refractivity contribution in [3.63, 3.8) is 0 Å². The highest BCUT2D eigenvalue weighted by molar-refractivity contribution is 7.15. The average Bonchev–Trinajstić information content (AvgIpc) is 3.41. The second-order valence-electron chi connectivity index (χ2n) is 10.0. The van der Waals surface area contributed by atoms with Gasteiger partial charge in [-0.2, -0.15) is 0 Å². The van der Waals surface area contributed by atoms with Crippen LogP contribution < -0.4 is 5.32 Å². The van der Waals surface area contributed by atoms with E-state index in [1.165, 1.54) is 0 Å². The van der Waals surface area contributed by atoms with Gasteiger partial charge >= 0.3 is 0 Å². The first kappa shape index (κ1) is 24.4. The van der Waals surface area contributed by atoms with Crippen LogP contribution in [0.2, 0.25) is 0 Å². The summed E-state index contributed by atoms with van der Waals surface area (Å²) in [4.78, 5) is 35.2. The molecule has 8 nitrogen and oxygen atoms in total. The standard InChI is InChI=1S/C27H33N7OS/c1-17(2)12-25-31-21-9-5-6-10-23(21)34(25)16-26(35)33-11-7-8-20(15-33)22-13-24(30-19(4)29-22)32-27-28-14-18(3)36-27/h5-6,9-10,13-14,17,20H,7-8,11-12,15-16H2,1-4H3,(H,28,29,30,32). The van der Waals surface area contributed by atoms with Crippen LogP contribution in [0.5, 0.6) is 0 Å². The lowest BCUT2D eigenvalue weighted by molar-refractivity contribution is -0.133. The Balaban J connectivity index is 1.33. The molecule has 0 saturated carbocycles. The first-order valence-electron chi connectivity index (χ1n) is 12.6. The molecule has 1 saturated heterocycles. The highest BCUT2D eigenvalue weighted by atomic mass is 32.1. The summed E-state index contributed by atoms with van der Waals surface area (Å²) >= 11 is 1.60. The Hall–Kier alpha value is -3.33. The molecule has 5 rings (SSSR count). The third kappa shape index (κ3) is 5.41. The summed E-state index contributed by atoms with van der Waals surface area (Å²) in [6.07, 6.45) is 4.65. The number of rotatable bonds is 7. The summed E-state index contributed by atoms with van der Waals surface area (Å²) < 4.78 is 2.11. The Morgan fingerprint density at radius 2 is 2.03 bits per heavy atom. The quantitative estimate of drug-likeness (QED) is 0.371. The molecule has 1 atom stereocenters. The third-order valence-corrected chi connectivity index (χ3v) is 7.35. The van der Waals surface area contributed by atoms with E-state index in [1.54, 1.807) is 11.3 Å². The molecule has 9 heteroatoms. The average molecular weight is 504 g/mol. The van der Waals surface area contributed by atoms with E-state index in [0.29, 0.717) is 19.0 Å². The molecule has 1 aromatic carbocycles. The van der Waals surface area contributed by atoms with Crippen molar-refractivity contribution >= 4 is 39.2 Å². The first-order valence-corrected chi connectivity index (χ1v) is 13.4. The predicted octanol–water partition coefficient (Wildman–Crippen LogP) is 5.25. The fraction of sp³-hybridized carbons (Fsp3) is 0.444. The van der Waals surface area contributed by atoms with Gasteiger partial charge in [0.25, 0.3) is 0 Å². The van der Waals surface area contributed by atoms with Crippen LogP contribution in [0.3, 0.4) is 0 Å². The van der Waals surface area contributed by atoms with Gasteiger partial charge in [0.2, 0.25) is 5.91 Å². The monoisotopic (exact) mass is 503 g/mol. The van der Waals surface area contributed by atoms with Crippen LogP contribution in [-0.4, -0.2) is 48.4 Å². The molecule has 0 bridgehead atoms. The van der Waals surface area contributed by atoms with E-state index in [-0.39, 0.29) is 11.8 Å². The molecule has 0 radical (unpaired) electrons. The minimum Gasteiger partial charge on any atom is -0.340 e. The van der Waals surface area contributed by atoms with Crippen molar-refractivity contribution in [3.8, 4) is 0 Å². The minimum absolute atomic E-state index is 0.134. The van der Waals surface area contributed by atoms with Crippen molar-refractivity contribution in [2.75, 3.05) is 18.4 Å². The molecule has 0 spiro atoms. The summed E-state index contributed by atoms with van der Waals surface area (Å²) in [5.41, 5.74) is 2.95. The lowest BCUT2D eigenvalue weighted by Crippen LogP contribution is -2.41. The molecule has 1 amide bonds. The number of benzene rings is 1. The van der Waals surface area contributed by atoms with E-state index >= 15 is 0 Å². The van der Waals surface area contributed by atoms with Crippen LogP contribution >= 0.6 is 11.3 Å². The number of likely N-dealkylation sites (tertiary alicyclic amines) is 1. The lowest BCUT2D eigenvalue weighted by Gasteiger charge is -2.33. The van der Waals surface area contributed by atoms with Gasteiger partial charge in [-0.25, -0.2) is 19.9 Å². The Bertz CT molecular complexity index is 1380. The van der Waals surface area contributed by atoms with Gasteiger partial charge in [-0.15, -0.1) is 11.3 Å². The van der Waals surface area contributed by atoms with Crippen molar-refractivity contribution in [2.45, 2.75) is 59.4 Å². The first-order chi connectivity index (χ1) is 17.4. The van der Waals surface area contributed by atoms with Gasteiger partial charge in [0.05, 0.1) is 16.7 Å². The Kier molecular flexibility index (Phi) is 7.00. The van der Waals surface area contributed by atoms with E-state index < -0.39 is 0 Å². The van der Waals surface area contributed by atoms with Crippen LogP contribution in [0.15, 0.2) is 36.5 Å². The fourth-order valence-corrected chi connectivity index (χ4v) is 5.56. The van der Waals surface area contributed by atoms with Crippen LogP contribution in [0, 0.1) is 19.8 Å². The smallest absolute Gasteiger partial charge is 0.242 e. The van der Waals surface area contributed by atoms with E-state index in [4.69, 9.17) is 9.97 Å². The van der Waals surface area contributed by atoms with E-state index in [1.807, 2.05) is 49.2 Å². The molecule has 4 heterocycles. The van der Waals surface area contributed by atoms with E-state index in [2.05, 4.69) is 39.8 Å². The van der Waals surface area contributed by atoms with Crippen molar-refractivity contribution in [3.05, 3.63) is 58.7 Å². The van der Waals surface area contributed by atoms with Gasteiger partial charge in [-0.05, 0) is 44.7 Å². The Labute approximate surface area is 215 Å². The van der Waals surface area contributed by atoms with Crippen molar-refractivity contribution in [1.82, 2.24) is 29.4 Å². The molecule has 1 N–H and O–H groups in total. The number of aryl methyl sites for hydroxylation is 2.